The summed E-state index contributed by atoms with van der Waals surface area (Å²) in [7, 11) is 0. The second-order valence-electron chi connectivity index (χ2n) is 5.19. The van der Waals surface area contributed by atoms with E-state index in [1.807, 2.05) is 13.8 Å². The second-order valence-corrected chi connectivity index (χ2v) is 5.19. The van der Waals surface area contributed by atoms with E-state index in [0.29, 0.717) is 18.0 Å². The minimum Gasteiger partial charge on any atom is -0.367 e. The van der Waals surface area contributed by atoms with Gasteiger partial charge < -0.3 is 10.1 Å². The Morgan fingerprint density at radius 3 is 2.63 bits per heavy atom. The van der Waals surface area contributed by atoms with Crippen molar-refractivity contribution in [2.24, 2.45) is 5.92 Å². The quantitative estimate of drug-likeness (QED) is 0.891. The molecule has 1 aliphatic heterocycles. The van der Waals surface area contributed by atoms with Crippen molar-refractivity contribution < 1.29 is 17.9 Å². The Morgan fingerprint density at radius 2 is 2.00 bits per heavy atom. The van der Waals surface area contributed by atoms with E-state index in [4.69, 9.17) is 4.74 Å². The third kappa shape index (κ3) is 3.48. The molecule has 0 aromatic heterocycles. The molecule has 5 heteroatoms. The summed E-state index contributed by atoms with van der Waals surface area (Å²) >= 11 is 0. The summed E-state index contributed by atoms with van der Waals surface area (Å²) in [6, 6.07) is 5.37. The SMILES string of the molecule is CC(C)C1CNCC(c2cccc(C(F)(F)F)c2)O1. The number of morpholine rings is 1. The fourth-order valence-electron chi connectivity index (χ4n) is 2.17. The lowest BCUT2D eigenvalue weighted by Crippen LogP contribution is -2.43. The van der Waals surface area contributed by atoms with Crippen LogP contribution in [0.3, 0.4) is 0 Å². The van der Waals surface area contributed by atoms with Gasteiger partial charge in [0.25, 0.3) is 0 Å². The number of ether oxygens (including phenoxy) is 1. The monoisotopic (exact) mass is 273 g/mol. The van der Waals surface area contributed by atoms with Crippen LogP contribution in [0.4, 0.5) is 13.2 Å². The van der Waals surface area contributed by atoms with Crippen LogP contribution in [0.5, 0.6) is 0 Å². The van der Waals surface area contributed by atoms with Crippen molar-refractivity contribution in [3.63, 3.8) is 0 Å². The lowest BCUT2D eigenvalue weighted by molar-refractivity contribution is -0.137. The van der Waals surface area contributed by atoms with E-state index in [-0.39, 0.29) is 12.2 Å². The van der Waals surface area contributed by atoms with Gasteiger partial charge in [0.05, 0.1) is 17.8 Å². The molecule has 0 amide bonds. The molecule has 2 nitrogen and oxygen atoms in total. The van der Waals surface area contributed by atoms with Crippen LogP contribution in [0, 0.1) is 5.92 Å². The Labute approximate surface area is 111 Å². The molecule has 1 aromatic rings. The Morgan fingerprint density at radius 1 is 1.26 bits per heavy atom. The molecule has 1 N–H and O–H groups in total. The average Bonchev–Trinajstić information content (AvgIpc) is 2.38. The summed E-state index contributed by atoms with van der Waals surface area (Å²) < 4.78 is 43.9. The highest BCUT2D eigenvalue weighted by Crippen LogP contribution is 2.32. The zero-order valence-corrected chi connectivity index (χ0v) is 11.0. The Kier molecular flexibility index (Phi) is 4.16. The first-order chi connectivity index (χ1) is 8.88. The van der Waals surface area contributed by atoms with Crippen molar-refractivity contribution >= 4 is 0 Å². The van der Waals surface area contributed by atoms with Crippen molar-refractivity contribution in [2.45, 2.75) is 32.2 Å². The molecule has 0 saturated carbocycles. The van der Waals surface area contributed by atoms with E-state index in [1.54, 1.807) is 6.07 Å². The minimum atomic E-state index is -4.31. The highest BCUT2D eigenvalue weighted by Gasteiger charge is 2.32. The molecule has 19 heavy (non-hydrogen) atoms. The fourth-order valence-corrected chi connectivity index (χ4v) is 2.17. The zero-order chi connectivity index (χ0) is 14.0. The molecule has 0 spiro atoms. The molecular weight excluding hydrogens is 255 g/mol. The third-order valence-electron chi connectivity index (χ3n) is 3.34. The van der Waals surface area contributed by atoms with Gasteiger partial charge in [0.1, 0.15) is 0 Å². The molecule has 1 aromatic carbocycles. The number of alkyl halides is 3. The van der Waals surface area contributed by atoms with Crippen molar-refractivity contribution in [2.75, 3.05) is 13.1 Å². The molecule has 0 aliphatic carbocycles. The maximum Gasteiger partial charge on any atom is 0.416 e. The maximum absolute atomic E-state index is 12.7. The first kappa shape index (κ1) is 14.3. The average molecular weight is 273 g/mol. The standard InChI is InChI=1S/C14H18F3NO/c1-9(2)12-7-18-8-13(19-12)10-4-3-5-11(6-10)14(15,16)17/h3-6,9,12-13,18H,7-8H2,1-2H3. The zero-order valence-electron chi connectivity index (χ0n) is 11.0. The second kappa shape index (κ2) is 5.51. The Balaban J connectivity index is 2.17. The van der Waals surface area contributed by atoms with Crippen molar-refractivity contribution in [1.29, 1.82) is 0 Å². The van der Waals surface area contributed by atoms with Gasteiger partial charge in [-0.15, -0.1) is 0 Å². The van der Waals surface area contributed by atoms with Crippen LogP contribution in [-0.4, -0.2) is 19.2 Å². The highest BCUT2D eigenvalue weighted by atomic mass is 19.4. The van der Waals surface area contributed by atoms with Gasteiger partial charge in [-0.2, -0.15) is 13.2 Å². The van der Waals surface area contributed by atoms with Crippen LogP contribution < -0.4 is 5.32 Å². The van der Waals surface area contributed by atoms with E-state index in [1.165, 1.54) is 12.1 Å². The van der Waals surface area contributed by atoms with E-state index >= 15 is 0 Å². The van der Waals surface area contributed by atoms with Crippen molar-refractivity contribution in [3.05, 3.63) is 35.4 Å². The van der Waals surface area contributed by atoms with Gasteiger partial charge in [0.2, 0.25) is 0 Å². The van der Waals surface area contributed by atoms with Gasteiger partial charge in [-0.05, 0) is 23.6 Å². The molecule has 2 unspecified atom stereocenters. The summed E-state index contributed by atoms with van der Waals surface area (Å²) in [5.74, 6) is 0.334. The molecule has 2 atom stereocenters. The lowest BCUT2D eigenvalue weighted by atomic mass is 10.0. The normalized spacial score (nSPS) is 24.7. The summed E-state index contributed by atoms with van der Waals surface area (Å²) in [4.78, 5) is 0. The van der Waals surface area contributed by atoms with Crippen LogP contribution in [-0.2, 0) is 10.9 Å². The van der Waals surface area contributed by atoms with Gasteiger partial charge in [-0.25, -0.2) is 0 Å². The van der Waals surface area contributed by atoms with E-state index in [2.05, 4.69) is 5.32 Å². The molecule has 1 heterocycles. The highest BCUT2D eigenvalue weighted by molar-refractivity contribution is 5.27. The fraction of sp³-hybridized carbons (Fsp3) is 0.571. The van der Waals surface area contributed by atoms with Gasteiger partial charge in [-0.3, -0.25) is 0 Å². The summed E-state index contributed by atoms with van der Waals surface area (Å²) in [6.07, 6.45) is -4.59. The number of nitrogens with one attached hydrogen (secondary N) is 1. The van der Waals surface area contributed by atoms with Crippen molar-refractivity contribution in [1.82, 2.24) is 5.32 Å². The molecule has 1 fully saturated rings. The predicted octanol–water partition coefficient (Wildman–Crippen LogP) is 3.39. The first-order valence-corrected chi connectivity index (χ1v) is 6.41. The molecular formula is C14H18F3NO. The molecule has 1 aliphatic rings. The third-order valence-corrected chi connectivity index (χ3v) is 3.34. The largest absolute Gasteiger partial charge is 0.416 e. The number of hydrogen-bond acceptors (Lipinski definition) is 2. The van der Waals surface area contributed by atoms with Gasteiger partial charge in [-0.1, -0.05) is 26.0 Å². The molecule has 0 bridgehead atoms. The maximum atomic E-state index is 12.7. The van der Waals surface area contributed by atoms with E-state index in [9.17, 15) is 13.2 Å². The van der Waals surface area contributed by atoms with Crippen LogP contribution >= 0.6 is 0 Å². The summed E-state index contributed by atoms with van der Waals surface area (Å²) in [6.45, 7) is 5.37. The summed E-state index contributed by atoms with van der Waals surface area (Å²) in [5, 5.41) is 3.22. The number of rotatable bonds is 2. The topological polar surface area (TPSA) is 21.3 Å². The van der Waals surface area contributed by atoms with E-state index < -0.39 is 11.7 Å². The molecule has 106 valence electrons. The van der Waals surface area contributed by atoms with Gasteiger partial charge in [0, 0.05) is 13.1 Å². The number of hydrogen-bond donors (Lipinski definition) is 1. The van der Waals surface area contributed by atoms with Crippen LogP contribution in [0.2, 0.25) is 0 Å². The van der Waals surface area contributed by atoms with Crippen LogP contribution in [0.15, 0.2) is 24.3 Å². The predicted molar refractivity (Wildman–Crippen MR) is 66.8 cm³/mol. The molecule has 2 rings (SSSR count). The minimum absolute atomic E-state index is 0.0355. The van der Waals surface area contributed by atoms with Crippen LogP contribution in [0.25, 0.3) is 0 Å². The van der Waals surface area contributed by atoms with E-state index in [0.717, 1.165) is 12.6 Å². The lowest BCUT2D eigenvalue weighted by Gasteiger charge is -2.33. The number of benzene rings is 1. The first-order valence-electron chi connectivity index (χ1n) is 6.41. The van der Waals surface area contributed by atoms with Gasteiger partial charge >= 0.3 is 6.18 Å². The Hall–Kier alpha value is -1.07. The smallest absolute Gasteiger partial charge is 0.367 e. The van der Waals surface area contributed by atoms with Crippen LogP contribution in [0.1, 0.15) is 31.1 Å². The molecule has 1 saturated heterocycles. The summed E-state index contributed by atoms with van der Waals surface area (Å²) in [5.41, 5.74) is -0.0482. The number of halogens is 3. The molecule has 0 radical (unpaired) electrons. The van der Waals surface area contributed by atoms with Gasteiger partial charge in [0.15, 0.2) is 0 Å². The van der Waals surface area contributed by atoms with Crippen molar-refractivity contribution in [3.8, 4) is 0 Å². The Bertz CT molecular complexity index is 431.